The second-order valence-corrected chi connectivity index (χ2v) is 6.66. The molecular weight excluding hydrogens is 307 g/mol. The molecule has 1 saturated carbocycles. The van der Waals surface area contributed by atoms with Gasteiger partial charge in [-0.2, -0.15) is 0 Å². The summed E-state index contributed by atoms with van der Waals surface area (Å²) < 4.78 is 14.7. The Morgan fingerprint density at radius 3 is 2.95 bits per heavy atom. The largest absolute Gasteiger partial charge is 0.271 e. The summed E-state index contributed by atoms with van der Waals surface area (Å²) in [4.78, 5) is 0. The highest BCUT2D eigenvalue weighted by Crippen LogP contribution is 2.32. The summed E-state index contributed by atoms with van der Waals surface area (Å²) in [5.74, 6) is 6.85. The first-order valence-electron chi connectivity index (χ1n) is 7.00. The first-order valence-corrected chi connectivity index (χ1v) is 7.79. The molecule has 0 saturated heterocycles. The number of halogens is 2. The van der Waals surface area contributed by atoms with Gasteiger partial charge in [0.15, 0.2) is 0 Å². The predicted octanol–water partition coefficient (Wildman–Crippen LogP) is 3.79. The fraction of sp³-hybridized carbons (Fsp3) is 0.600. The third kappa shape index (κ3) is 4.01. The molecule has 3 N–H and O–H groups in total. The van der Waals surface area contributed by atoms with Gasteiger partial charge in [0.2, 0.25) is 0 Å². The minimum atomic E-state index is -0.146. The number of hydrogen-bond acceptors (Lipinski definition) is 2. The van der Waals surface area contributed by atoms with Crippen LogP contribution in [0, 0.1) is 17.7 Å². The third-order valence-corrected chi connectivity index (χ3v) is 4.70. The normalized spacial score (nSPS) is 25.3. The molecule has 0 aromatic heterocycles. The molecular formula is C15H22BrFN2. The molecule has 2 rings (SSSR count). The monoisotopic (exact) mass is 328 g/mol. The standard InChI is InChI=1S/C15H22BrFN2/c1-10-3-2-4-11(7-10)15(19-18)9-12-8-13(16)5-6-14(12)17/h5-6,8,10-11,15,19H,2-4,7,9,18H2,1H3. The first-order chi connectivity index (χ1) is 9.10. The van der Waals surface area contributed by atoms with Crippen molar-refractivity contribution >= 4 is 15.9 Å². The molecule has 1 aliphatic rings. The van der Waals surface area contributed by atoms with Gasteiger partial charge < -0.3 is 0 Å². The molecule has 0 heterocycles. The van der Waals surface area contributed by atoms with Crippen LogP contribution < -0.4 is 11.3 Å². The highest BCUT2D eigenvalue weighted by molar-refractivity contribution is 9.10. The zero-order valence-electron chi connectivity index (χ0n) is 11.3. The molecule has 4 heteroatoms. The van der Waals surface area contributed by atoms with Crippen molar-refractivity contribution in [2.75, 3.05) is 0 Å². The van der Waals surface area contributed by atoms with E-state index in [9.17, 15) is 4.39 Å². The Labute approximate surface area is 123 Å². The van der Waals surface area contributed by atoms with E-state index in [0.29, 0.717) is 12.3 Å². The van der Waals surface area contributed by atoms with Crippen molar-refractivity contribution < 1.29 is 4.39 Å². The summed E-state index contributed by atoms with van der Waals surface area (Å²) in [6.07, 6.45) is 5.59. The lowest BCUT2D eigenvalue weighted by atomic mass is 9.77. The molecule has 3 unspecified atom stereocenters. The quantitative estimate of drug-likeness (QED) is 0.651. The van der Waals surface area contributed by atoms with Crippen LogP contribution in [0.25, 0.3) is 0 Å². The third-order valence-electron chi connectivity index (χ3n) is 4.21. The van der Waals surface area contributed by atoms with Gasteiger partial charge in [0.1, 0.15) is 5.82 Å². The average Bonchev–Trinajstić information content (AvgIpc) is 2.39. The first kappa shape index (κ1) is 14.9. The van der Waals surface area contributed by atoms with Crippen molar-refractivity contribution in [3.8, 4) is 0 Å². The number of nitrogens with one attached hydrogen (secondary N) is 1. The number of rotatable bonds is 4. The van der Waals surface area contributed by atoms with Crippen LogP contribution in [-0.2, 0) is 6.42 Å². The van der Waals surface area contributed by atoms with E-state index in [0.717, 1.165) is 16.0 Å². The number of nitrogens with two attached hydrogens (primary N) is 1. The van der Waals surface area contributed by atoms with E-state index >= 15 is 0 Å². The fourth-order valence-corrected chi connectivity index (χ4v) is 3.55. The summed E-state index contributed by atoms with van der Waals surface area (Å²) >= 11 is 3.40. The van der Waals surface area contributed by atoms with Crippen LogP contribution in [-0.4, -0.2) is 6.04 Å². The number of hydrazine groups is 1. The Hall–Kier alpha value is -0.450. The van der Waals surface area contributed by atoms with Gasteiger partial charge >= 0.3 is 0 Å². The molecule has 1 fully saturated rings. The summed E-state index contributed by atoms with van der Waals surface area (Å²) in [6.45, 7) is 2.29. The van der Waals surface area contributed by atoms with Crippen LogP contribution in [0.15, 0.2) is 22.7 Å². The van der Waals surface area contributed by atoms with E-state index in [1.165, 1.54) is 31.7 Å². The van der Waals surface area contributed by atoms with Crippen LogP contribution in [0.2, 0.25) is 0 Å². The molecule has 106 valence electrons. The molecule has 1 aromatic carbocycles. The number of hydrogen-bond donors (Lipinski definition) is 2. The van der Waals surface area contributed by atoms with Gasteiger partial charge in [-0.3, -0.25) is 11.3 Å². The van der Waals surface area contributed by atoms with Gasteiger partial charge in [-0.1, -0.05) is 35.7 Å². The van der Waals surface area contributed by atoms with E-state index in [-0.39, 0.29) is 11.9 Å². The molecule has 0 aliphatic heterocycles. The minimum absolute atomic E-state index is 0.146. The van der Waals surface area contributed by atoms with E-state index < -0.39 is 0 Å². The molecule has 2 nitrogen and oxygen atoms in total. The van der Waals surface area contributed by atoms with E-state index in [4.69, 9.17) is 5.84 Å². The maximum absolute atomic E-state index is 13.8. The average molecular weight is 329 g/mol. The highest BCUT2D eigenvalue weighted by Gasteiger charge is 2.26. The minimum Gasteiger partial charge on any atom is -0.271 e. The Kier molecular flexibility index (Phi) is 5.37. The van der Waals surface area contributed by atoms with Gasteiger partial charge in [-0.25, -0.2) is 4.39 Å². The highest BCUT2D eigenvalue weighted by atomic mass is 79.9. The Morgan fingerprint density at radius 2 is 2.26 bits per heavy atom. The van der Waals surface area contributed by atoms with E-state index in [1.807, 2.05) is 6.07 Å². The smallest absolute Gasteiger partial charge is 0.126 e. The van der Waals surface area contributed by atoms with Crippen molar-refractivity contribution in [3.63, 3.8) is 0 Å². The number of benzene rings is 1. The van der Waals surface area contributed by atoms with Crippen molar-refractivity contribution in [2.45, 2.75) is 45.1 Å². The van der Waals surface area contributed by atoms with Crippen molar-refractivity contribution in [2.24, 2.45) is 17.7 Å². The molecule has 0 spiro atoms. The van der Waals surface area contributed by atoms with Crippen molar-refractivity contribution in [1.29, 1.82) is 0 Å². The zero-order valence-corrected chi connectivity index (χ0v) is 12.9. The van der Waals surface area contributed by atoms with Gasteiger partial charge in [-0.05, 0) is 54.9 Å². The summed E-state index contributed by atoms with van der Waals surface area (Å²) in [5, 5.41) is 0. The fourth-order valence-electron chi connectivity index (χ4n) is 3.14. The van der Waals surface area contributed by atoms with Crippen LogP contribution >= 0.6 is 15.9 Å². The van der Waals surface area contributed by atoms with Gasteiger partial charge in [-0.15, -0.1) is 0 Å². The van der Waals surface area contributed by atoms with E-state index in [1.54, 1.807) is 6.07 Å². The summed E-state index contributed by atoms with van der Waals surface area (Å²) in [6, 6.07) is 5.25. The molecule has 0 amide bonds. The van der Waals surface area contributed by atoms with E-state index in [2.05, 4.69) is 28.3 Å². The van der Waals surface area contributed by atoms with Gasteiger partial charge in [0.05, 0.1) is 0 Å². The lowest BCUT2D eigenvalue weighted by molar-refractivity contribution is 0.221. The topological polar surface area (TPSA) is 38.0 Å². The Balaban J connectivity index is 2.07. The summed E-state index contributed by atoms with van der Waals surface area (Å²) in [7, 11) is 0. The lowest BCUT2D eigenvalue weighted by Gasteiger charge is -2.33. The van der Waals surface area contributed by atoms with Crippen LogP contribution in [0.1, 0.15) is 38.2 Å². The van der Waals surface area contributed by atoms with Crippen LogP contribution in [0.3, 0.4) is 0 Å². The SMILES string of the molecule is CC1CCCC(C(Cc2cc(Br)ccc2F)NN)C1. The van der Waals surface area contributed by atoms with Crippen LogP contribution in [0.5, 0.6) is 0 Å². The van der Waals surface area contributed by atoms with Gasteiger partial charge in [0.25, 0.3) is 0 Å². The predicted molar refractivity (Wildman–Crippen MR) is 80.0 cm³/mol. The van der Waals surface area contributed by atoms with Crippen molar-refractivity contribution in [3.05, 3.63) is 34.1 Å². The molecule has 3 atom stereocenters. The van der Waals surface area contributed by atoms with Crippen LogP contribution in [0.4, 0.5) is 4.39 Å². The lowest BCUT2D eigenvalue weighted by Crippen LogP contribution is -2.44. The van der Waals surface area contributed by atoms with Crippen molar-refractivity contribution in [1.82, 2.24) is 5.43 Å². The maximum atomic E-state index is 13.8. The summed E-state index contributed by atoms with van der Waals surface area (Å²) in [5.41, 5.74) is 3.64. The second-order valence-electron chi connectivity index (χ2n) is 5.74. The maximum Gasteiger partial charge on any atom is 0.126 e. The van der Waals surface area contributed by atoms with Gasteiger partial charge in [0, 0.05) is 10.5 Å². The Morgan fingerprint density at radius 1 is 1.47 bits per heavy atom. The molecule has 1 aliphatic carbocycles. The molecule has 19 heavy (non-hydrogen) atoms. The zero-order chi connectivity index (χ0) is 13.8. The second kappa shape index (κ2) is 6.82. The Bertz CT molecular complexity index is 425. The molecule has 0 radical (unpaired) electrons. The molecule has 0 bridgehead atoms. The molecule has 1 aromatic rings.